The van der Waals surface area contributed by atoms with Crippen LogP contribution in [0.25, 0.3) is 0 Å². The lowest BCUT2D eigenvalue weighted by Gasteiger charge is -1.92. The third-order valence-electron chi connectivity index (χ3n) is 1.43. The number of halogens is 1. The number of rotatable bonds is 0. The Morgan fingerprint density at radius 2 is 1.60 bits per heavy atom. The van der Waals surface area contributed by atoms with Crippen LogP contribution in [0.5, 0.6) is 0 Å². The lowest BCUT2D eigenvalue weighted by molar-refractivity contribution is -0.651. The zero-order chi connectivity index (χ0) is 6.85. The van der Waals surface area contributed by atoms with E-state index in [-0.39, 0.29) is 17.0 Å². The van der Waals surface area contributed by atoms with Gasteiger partial charge in [-0.25, -0.2) is 5.84 Å². The van der Waals surface area contributed by atoms with Gasteiger partial charge in [-0.3, -0.25) is 0 Å². The lowest BCUT2D eigenvalue weighted by Crippen LogP contribution is -3.00. The van der Waals surface area contributed by atoms with Gasteiger partial charge in [0.2, 0.25) is 11.4 Å². The molecule has 1 aromatic heterocycles. The van der Waals surface area contributed by atoms with Gasteiger partial charge in [0.05, 0.1) is 0 Å². The van der Waals surface area contributed by atoms with Crippen LogP contribution in [0.4, 0.5) is 0 Å². The summed E-state index contributed by atoms with van der Waals surface area (Å²) in [6.07, 6.45) is 0. The summed E-state index contributed by atoms with van der Waals surface area (Å²) in [6, 6.07) is 5.95. The fourth-order valence-corrected chi connectivity index (χ4v) is 0.765. The second-order valence-corrected chi connectivity index (χ2v) is 2.18. The molecule has 2 nitrogen and oxygen atoms in total. The molecule has 10 heavy (non-hydrogen) atoms. The normalized spacial score (nSPS) is 8.60. The number of hydrogen-bond donors (Lipinski definition) is 1. The molecule has 1 aromatic rings. The van der Waals surface area contributed by atoms with E-state index in [2.05, 4.69) is 0 Å². The molecule has 0 spiro atoms. The van der Waals surface area contributed by atoms with Gasteiger partial charge in [-0.05, 0) is 6.07 Å². The Morgan fingerprint density at radius 3 is 1.90 bits per heavy atom. The Bertz CT molecular complexity index is 203. The van der Waals surface area contributed by atoms with E-state index >= 15 is 0 Å². The van der Waals surface area contributed by atoms with Crippen LogP contribution in [-0.2, 0) is 0 Å². The summed E-state index contributed by atoms with van der Waals surface area (Å²) in [7, 11) is 0. The van der Waals surface area contributed by atoms with Crippen molar-refractivity contribution >= 4 is 0 Å². The van der Waals surface area contributed by atoms with Crippen molar-refractivity contribution in [2.45, 2.75) is 13.8 Å². The first-order valence-corrected chi connectivity index (χ1v) is 2.95. The summed E-state index contributed by atoms with van der Waals surface area (Å²) < 4.78 is 1.67. The summed E-state index contributed by atoms with van der Waals surface area (Å²) in [5, 5.41) is 0. The van der Waals surface area contributed by atoms with Crippen molar-refractivity contribution in [2.24, 2.45) is 0 Å². The Labute approximate surface area is 71.4 Å². The van der Waals surface area contributed by atoms with Gasteiger partial charge in [-0.1, -0.05) is 4.68 Å². The molecule has 0 atom stereocenters. The minimum Gasteiger partial charge on any atom is -1.00 e. The molecule has 0 aromatic carbocycles. The minimum atomic E-state index is 0. The van der Waals surface area contributed by atoms with Crippen LogP contribution >= 0.6 is 0 Å². The van der Waals surface area contributed by atoms with Crippen molar-refractivity contribution in [1.29, 1.82) is 0 Å². The van der Waals surface area contributed by atoms with Gasteiger partial charge in [-0.2, -0.15) is 0 Å². The molecule has 1 heterocycles. The molecular formula is C7H11BrN2. The number of hydrogen-bond acceptors (Lipinski definition) is 1. The number of aryl methyl sites for hydroxylation is 2. The summed E-state index contributed by atoms with van der Waals surface area (Å²) in [4.78, 5) is 0. The van der Waals surface area contributed by atoms with E-state index in [0.29, 0.717) is 0 Å². The highest BCUT2D eigenvalue weighted by atomic mass is 79.9. The van der Waals surface area contributed by atoms with Gasteiger partial charge in [0.15, 0.2) is 0 Å². The smallest absolute Gasteiger partial charge is 0.208 e. The molecule has 0 aliphatic heterocycles. The number of nitrogens with zero attached hydrogens (tertiary/aromatic N) is 1. The molecule has 0 saturated carbocycles. The largest absolute Gasteiger partial charge is 1.00 e. The molecule has 3 heteroatoms. The molecule has 0 bridgehead atoms. The number of nitrogen functional groups attached to an aromatic ring is 1. The first kappa shape index (κ1) is 9.43. The molecule has 56 valence electrons. The van der Waals surface area contributed by atoms with Crippen LogP contribution in [0, 0.1) is 13.8 Å². The quantitative estimate of drug-likeness (QED) is 0.361. The number of nitrogens with two attached hydrogens (primary N) is 1. The number of aromatic nitrogens is 1. The fourth-order valence-electron chi connectivity index (χ4n) is 0.765. The fraction of sp³-hybridized carbons (Fsp3) is 0.286. The van der Waals surface area contributed by atoms with E-state index in [1.165, 1.54) is 0 Å². The molecule has 0 aliphatic rings. The van der Waals surface area contributed by atoms with Crippen LogP contribution in [0.2, 0.25) is 0 Å². The third-order valence-corrected chi connectivity index (χ3v) is 1.43. The monoisotopic (exact) mass is 202 g/mol. The maximum atomic E-state index is 5.60. The van der Waals surface area contributed by atoms with E-state index in [1.54, 1.807) is 4.68 Å². The Kier molecular flexibility index (Phi) is 3.36. The highest BCUT2D eigenvalue weighted by molar-refractivity contribution is 5.00. The van der Waals surface area contributed by atoms with Crippen molar-refractivity contribution in [3.63, 3.8) is 0 Å². The van der Waals surface area contributed by atoms with Gasteiger partial charge in [0.1, 0.15) is 0 Å². The Balaban J connectivity index is 0.000000810. The molecule has 2 N–H and O–H groups in total. The topological polar surface area (TPSA) is 29.9 Å². The zero-order valence-electron chi connectivity index (χ0n) is 6.13. The second kappa shape index (κ2) is 3.56. The second-order valence-electron chi connectivity index (χ2n) is 2.18. The molecule has 1 rings (SSSR count). The van der Waals surface area contributed by atoms with E-state index in [4.69, 9.17) is 5.84 Å². The lowest BCUT2D eigenvalue weighted by atomic mass is 10.3. The van der Waals surface area contributed by atoms with Gasteiger partial charge in [0, 0.05) is 26.0 Å². The molecule has 0 radical (unpaired) electrons. The van der Waals surface area contributed by atoms with Gasteiger partial charge >= 0.3 is 0 Å². The summed E-state index contributed by atoms with van der Waals surface area (Å²) in [5.74, 6) is 5.60. The Hall–Kier alpha value is -0.570. The van der Waals surface area contributed by atoms with Crippen molar-refractivity contribution in [1.82, 2.24) is 0 Å². The van der Waals surface area contributed by atoms with Crippen molar-refractivity contribution in [3.05, 3.63) is 29.6 Å². The van der Waals surface area contributed by atoms with Gasteiger partial charge < -0.3 is 17.0 Å². The van der Waals surface area contributed by atoms with Crippen LogP contribution < -0.4 is 27.5 Å². The third kappa shape index (κ3) is 1.70. The SMILES string of the molecule is Cc1cccc(C)[n+]1N.[Br-]. The maximum Gasteiger partial charge on any atom is 0.208 e. The molecule has 0 amide bonds. The summed E-state index contributed by atoms with van der Waals surface area (Å²) in [5.41, 5.74) is 2.16. The highest BCUT2D eigenvalue weighted by Crippen LogP contribution is 1.89. The highest BCUT2D eigenvalue weighted by Gasteiger charge is 2.02. The van der Waals surface area contributed by atoms with Gasteiger partial charge in [0.25, 0.3) is 0 Å². The molecule has 0 saturated heterocycles. The minimum absolute atomic E-state index is 0. The molecular weight excluding hydrogens is 192 g/mol. The van der Waals surface area contributed by atoms with Crippen LogP contribution in [-0.4, -0.2) is 0 Å². The summed E-state index contributed by atoms with van der Waals surface area (Å²) in [6.45, 7) is 3.96. The van der Waals surface area contributed by atoms with E-state index in [9.17, 15) is 0 Å². The number of pyridine rings is 1. The zero-order valence-corrected chi connectivity index (χ0v) is 7.72. The van der Waals surface area contributed by atoms with E-state index < -0.39 is 0 Å². The average Bonchev–Trinajstić information content (AvgIpc) is 1.83. The van der Waals surface area contributed by atoms with Crippen LogP contribution in [0.1, 0.15) is 11.4 Å². The average molecular weight is 203 g/mol. The van der Waals surface area contributed by atoms with Crippen molar-refractivity contribution < 1.29 is 21.7 Å². The summed E-state index contributed by atoms with van der Waals surface area (Å²) >= 11 is 0. The maximum absolute atomic E-state index is 5.60. The molecule has 0 aliphatic carbocycles. The molecule has 0 fully saturated rings. The van der Waals surface area contributed by atoms with E-state index in [1.807, 2.05) is 32.0 Å². The van der Waals surface area contributed by atoms with Crippen molar-refractivity contribution in [3.8, 4) is 0 Å². The Morgan fingerprint density at radius 1 is 1.20 bits per heavy atom. The predicted octanol–water partition coefficient (Wildman–Crippen LogP) is -2.69. The predicted molar refractivity (Wildman–Crippen MR) is 36.3 cm³/mol. The first-order valence-electron chi connectivity index (χ1n) is 2.95. The standard InChI is InChI=1S/C7H11N2.BrH/c1-6-4-3-5-7(2)9(6)8;/h3-5H,8H2,1-2H3;1H/q+1;/p-1. The van der Waals surface area contributed by atoms with Crippen LogP contribution in [0.15, 0.2) is 18.2 Å². The van der Waals surface area contributed by atoms with Crippen LogP contribution in [0.3, 0.4) is 0 Å². The first-order chi connectivity index (χ1) is 4.22. The van der Waals surface area contributed by atoms with E-state index in [0.717, 1.165) is 11.4 Å². The van der Waals surface area contributed by atoms with Gasteiger partial charge in [-0.15, -0.1) is 0 Å². The van der Waals surface area contributed by atoms with Crippen molar-refractivity contribution in [2.75, 3.05) is 5.84 Å². The molecule has 0 unspecified atom stereocenters.